The molecule has 0 radical (unpaired) electrons. The van der Waals surface area contributed by atoms with Crippen molar-refractivity contribution in [2.24, 2.45) is 0 Å². The molecule has 2 rings (SSSR count). The zero-order valence-corrected chi connectivity index (χ0v) is 19.0. The number of halogens is 1. The van der Waals surface area contributed by atoms with E-state index in [1.54, 1.807) is 0 Å². The van der Waals surface area contributed by atoms with Gasteiger partial charge in [-0.15, -0.1) is 0 Å². The van der Waals surface area contributed by atoms with Crippen LogP contribution < -0.4 is 10.0 Å². The number of aryl methyl sites for hydroxylation is 3. The number of carbonyl (C=O) groups excluding carboxylic acids is 2. The molecule has 30 heavy (non-hydrogen) atoms. The van der Waals surface area contributed by atoms with Gasteiger partial charge in [0, 0.05) is 10.7 Å². The number of carbonyl (C=O) groups is 2. The molecular weight excluding hydrogens is 428 g/mol. The van der Waals surface area contributed by atoms with Crippen molar-refractivity contribution >= 4 is 39.2 Å². The van der Waals surface area contributed by atoms with E-state index in [1.807, 2.05) is 32.9 Å². The molecule has 2 aromatic rings. The van der Waals surface area contributed by atoms with Crippen LogP contribution in [0.4, 0.5) is 5.69 Å². The smallest absolute Gasteiger partial charge is 0.324 e. The van der Waals surface area contributed by atoms with Crippen LogP contribution in [0.1, 0.15) is 30.5 Å². The lowest BCUT2D eigenvalue weighted by Gasteiger charge is -2.19. The van der Waals surface area contributed by atoms with Crippen molar-refractivity contribution in [1.82, 2.24) is 4.72 Å². The monoisotopic (exact) mass is 452 g/mol. The Morgan fingerprint density at radius 3 is 2.07 bits per heavy atom. The van der Waals surface area contributed by atoms with Gasteiger partial charge >= 0.3 is 5.97 Å². The van der Waals surface area contributed by atoms with Gasteiger partial charge in [0.15, 0.2) is 6.10 Å². The third-order valence-electron chi connectivity index (χ3n) is 4.40. The van der Waals surface area contributed by atoms with Gasteiger partial charge in [-0.2, -0.15) is 4.72 Å². The molecule has 1 amide bonds. The first-order chi connectivity index (χ1) is 13.9. The van der Waals surface area contributed by atoms with Crippen molar-refractivity contribution in [3.8, 4) is 0 Å². The Labute approximate surface area is 181 Å². The summed E-state index contributed by atoms with van der Waals surface area (Å²) >= 11 is 5.76. The van der Waals surface area contributed by atoms with Gasteiger partial charge in [0.05, 0.1) is 4.90 Å². The van der Waals surface area contributed by atoms with Crippen LogP contribution in [0.25, 0.3) is 0 Å². The van der Waals surface area contributed by atoms with Gasteiger partial charge in [0.2, 0.25) is 10.0 Å². The molecule has 0 fully saturated rings. The highest BCUT2D eigenvalue weighted by Crippen LogP contribution is 2.22. The molecule has 0 aromatic heterocycles. The predicted octanol–water partition coefficient (Wildman–Crippen LogP) is 3.50. The number of esters is 1. The predicted molar refractivity (Wildman–Crippen MR) is 116 cm³/mol. The van der Waals surface area contributed by atoms with Crippen LogP contribution in [0.3, 0.4) is 0 Å². The fourth-order valence-electron chi connectivity index (χ4n) is 2.89. The topological polar surface area (TPSA) is 102 Å². The molecule has 0 spiro atoms. The molecule has 2 N–H and O–H groups in total. The van der Waals surface area contributed by atoms with Crippen LogP contribution in [0, 0.1) is 20.8 Å². The Bertz CT molecular complexity index is 1030. The maximum Gasteiger partial charge on any atom is 0.324 e. The fraction of sp³-hybridized carbons (Fsp3) is 0.333. The molecule has 0 bridgehead atoms. The SMILES string of the molecule is Cc1cc(C)c(NC(=O)C(C)OC(=O)[C@H](C)NS(=O)(=O)c2ccc(Cl)cc2)c(C)c1. The molecule has 1 unspecified atom stereocenters. The molecular formula is C21H25ClN2O5S. The summed E-state index contributed by atoms with van der Waals surface area (Å²) in [6.45, 7) is 8.48. The maximum absolute atomic E-state index is 12.5. The molecule has 0 aliphatic rings. The van der Waals surface area contributed by atoms with Crippen LogP contribution in [0.15, 0.2) is 41.3 Å². The second kappa shape index (κ2) is 9.59. The summed E-state index contributed by atoms with van der Waals surface area (Å²) < 4.78 is 32.1. The highest BCUT2D eigenvalue weighted by molar-refractivity contribution is 7.89. The van der Waals surface area contributed by atoms with E-state index in [9.17, 15) is 18.0 Å². The fourth-order valence-corrected chi connectivity index (χ4v) is 4.21. The Hall–Kier alpha value is -2.42. The van der Waals surface area contributed by atoms with E-state index in [0.29, 0.717) is 10.7 Å². The largest absolute Gasteiger partial charge is 0.451 e. The zero-order valence-electron chi connectivity index (χ0n) is 17.4. The number of benzene rings is 2. The van der Waals surface area contributed by atoms with Crippen LogP contribution in [0.5, 0.6) is 0 Å². The lowest BCUT2D eigenvalue weighted by atomic mass is 10.0. The van der Waals surface area contributed by atoms with Crippen molar-refractivity contribution in [2.45, 2.75) is 51.7 Å². The van der Waals surface area contributed by atoms with Crippen LogP contribution in [0.2, 0.25) is 5.02 Å². The molecule has 0 heterocycles. The lowest BCUT2D eigenvalue weighted by molar-refractivity contribution is -0.154. The third-order valence-corrected chi connectivity index (χ3v) is 6.21. The maximum atomic E-state index is 12.5. The number of hydrogen-bond donors (Lipinski definition) is 2. The minimum absolute atomic E-state index is 0.0392. The summed E-state index contributed by atoms with van der Waals surface area (Å²) in [4.78, 5) is 24.7. The number of rotatable bonds is 7. The summed E-state index contributed by atoms with van der Waals surface area (Å²) in [6, 6.07) is 8.19. The Morgan fingerprint density at radius 1 is 1.00 bits per heavy atom. The standard InChI is InChI=1S/C21H25ClN2O5S/c1-12-10-13(2)19(14(3)11-12)23-20(25)16(5)29-21(26)15(4)24-30(27,28)18-8-6-17(22)7-9-18/h6-11,15-16,24H,1-5H3,(H,23,25)/t15-,16?/m0/s1. The Kier molecular flexibility index (Phi) is 7.63. The van der Waals surface area contributed by atoms with E-state index in [2.05, 4.69) is 10.0 Å². The minimum Gasteiger partial charge on any atom is -0.451 e. The third kappa shape index (κ3) is 6.04. The first-order valence-electron chi connectivity index (χ1n) is 9.28. The normalized spacial score (nSPS) is 13.4. The lowest BCUT2D eigenvalue weighted by Crippen LogP contribution is -2.42. The van der Waals surface area contributed by atoms with Gasteiger partial charge in [-0.25, -0.2) is 8.42 Å². The number of ether oxygens (including phenoxy) is 1. The van der Waals surface area contributed by atoms with Crippen LogP contribution >= 0.6 is 11.6 Å². The number of anilines is 1. The number of sulfonamides is 1. The summed E-state index contributed by atoms with van der Waals surface area (Å²) in [7, 11) is -3.95. The average Bonchev–Trinajstić information content (AvgIpc) is 2.64. The molecule has 2 atom stereocenters. The molecule has 7 nitrogen and oxygen atoms in total. The van der Waals surface area contributed by atoms with Crippen molar-refractivity contribution in [1.29, 1.82) is 0 Å². The first-order valence-corrected chi connectivity index (χ1v) is 11.1. The van der Waals surface area contributed by atoms with Gasteiger partial charge in [0.25, 0.3) is 5.91 Å². The van der Waals surface area contributed by atoms with Crippen molar-refractivity contribution in [2.75, 3.05) is 5.32 Å². The molecule has 9 heteroatoms. The van der Waals surface area contributed by atoms with E-state index >= 15 is 0 Å². The van der Waals surface area contributed by atoms with Gasteiger partial charge < -0.3 is 10.1 Å². The number of nitrogens with one attached hydrogen (secondary N) is 2. The molecule has 162 valence electrons. The van der Waals surface area contributed by atoms with Crippen LogP contribution in [-0.4, -0.2) is 32.4 Å². The van der Waals surface area contributed by atoms with Crippen molar-refractivity contribution < 1.29 is 22.7 Å². The highest BCUT2D eigenvalue weighted by Gasteiger charge is 2.26. The van der Waals surface area contributed by atoms with E-state index in [4.69, 9.17) is 16.3 Å². The van der Waals surface area contributed by atoms with Crippen molar-refractivity contribution in [3.05, 3.63) is 58.1 Å². The molecule has 0 aliphatic heterocycles. The molecule has 0 saturated heterocycles. The summed E-state index contributed by atoms with van der Waals surface area (Å²) in [6.07, 6.45) is -1.11. The van der Waals surface area contributed by atoms with Crippen LogP contribution in [-0.2, 0) is 24.3 Å². The van der Waals surface area contributed by atoms with Gasteiger partial charge in [-0.1, -0.05) is 29.3 Å². The Morgan fingerprint density at radius 2 is 1.53 bits per heavy atom. The second-order valence-electron chi connectivity index (χ2n) is 7.14. The average molecular weight is 453 g/mol. The number of hydrogen-bond acceptors (Lipinski definition) is 5. The highest BCUT2D eigenvalue weighted by atomic mass is 35.5. The summed E-state index contributed by atoms with van der Waals surface area (Å²) in [5.74, 6) is -1.38. The van der Waals surface area contributed by atoms with Gasteiger partial charge in [0.1, 0.15) is 6.04 Å². The summed E-state index contributed by atoms with van der Waals surface area (Å²) in [5, 5.41) is 3.15. The minimum atomic E-state index is -3.95. The second-order valence-corrected chi connectivity index (χ2v) is 9.29. The van der Waals surface area contributed by atoms with E-state index in [-0.39, 0.29) is 4.90 Å². The van der Waals surface area contributed by atoms with Gasteiger partial charge in [-0.3, -0.25) is 9.59 Å². The quantitative estimate of drug-likeness (QED) is 0.626. The zero-order chi connectivity index (χ0) is 22.6. The van der Waals surface area contributed by atoms with Crippen molar-refractivity contribution in [3.63, 3.8) is 0 Å². The Balaban J connectivity index is 2.00. The summed E-state index contributed by atoms with van der Waals surface area (Å²) in [5.41, 5.74) is 3.51. The molecule has 2 aromatic carbocycles. The first kappa shape index (κ1) is 23.9. The van der Waals surface area contributed by atoms with E-state index in [1.165, 1.54) is 38.1 Å². The van der Waals surface area contributed by atoms with E-state index < -0.39 is 34.0 Å². The molecule has 0 aliphatic carbocycles. The van der Waals surface area contributed by atoms with Gasteiger partial charge in [-0.05, 0) is 70.0 Å². The molecule has 0 saturated carbocycles. The number of amides is 1. The van der Waals surface area contributed by atoms with E-state index in [0.717, 1.165) is 16.7 Å².